The van der Waals surface area contributed by atoms with E-state index in [9.17, 15) is 0 Å². The molecule has 2 aromatic rings. The van der Waals surface area contributed by atoms with Crippen molar-refractivity contribution in [2.24, 2.45) is 9.98 Å². The maximum absolute atomic E-state index is 6.20. The van der Waals surface area contributed by atoms with E-state index in [0.717, 1.165) is 72.7 Å². The van der Waals surface area contributed by atoms with Gasteiger partial charge in [0.1, 0.15) is 0 Å². The Morgan fingerprint density at radius 3 is 2.71 bits per heavy atom. The molecule has 1 unspecified atom stereocenters. The molecular formula is C27H33ClN6. The maximum Gasteiger partial charge on any atom is 0.225 e. The second-order valence-corrected chi connectivity index (χ2v) is 9.84. The fourth-order valence-corrected chi connectivity index (χ4v) is 4.74. The summed E-state index contributed by atoms with van der Waals surface area (Å²) in [6.07, 6.45) is 8.48. The lowest BCUT2D eigenvalue weighted by atomic mass is 9.93. The summed E-state index contributed by atoms with van der Waals surface area (Å²) in [5.41, 5.74) is 6.85. The second kappa shape index (κ2) is 10.3. The summed E-state index contributed by atoms with van der Waals surface area (Å²) in [5, 5.41) is 12.1. The first-order valence-electron chi connectivity index (χ1n) is 12.4. The second-order valence-electron chi connectivity index (χ2n) is 9.40. The van der Waals surface area contributed by atoms with Crippen LogP contribution >= 0.6 is 11.6 Å². The summed E-state index contributed by atoms with van der Waals surface area (Å²) in [5.74, 6) is 1.61. The van der Waals surface area contributed by atoms with E-state index >= 15 is 0 Å². The van der Waals surface area contributed by atoms with Gasteiger partial charge in [-0.15, -0.1) is 0 Å². The molecule has 0 amide bonds. The Bertz CT molecular complexity index is 1150. The quantitative estimate of drug-likeness (QED) is 0.576. The van der Waals surface area contributed by atoms with E-state index in [4.69, 9.17) is 21.6 Å². The molecule has 2 aliphatic heterocycles. The Balaban J connectivity index is 1.49. The van der Waals surface area contributed by atoms with E-state index in [1.54, 1.807) is 0 Å². The SMILES string of the molecule is CCC1=C(/C=C/c2cccc(Cl)c2)N=C(N2CCNCC2)N=C(C(C)c2cc(C3CC3)[nH]n2)C1. The number of halogens is 1. The molecule has 0 radical (unpaired) electrons. The van der Waals surface area contributed by atoms with Gasteiger partial charge in [-0.3, -0.25) is 5.10 Å². The summed E-state index contributed by atoms with van der Waals surface area (Å²) in [4.78, 5) is 12.6. The summed E-state index contributed by atoms with van der Waals surface area (Å²) < 4.78 is 0. The van der Waals surface area contributed by atoms with E-state index in [1.165, 1.54) is 24.1 Å². The van der Waals surface area contributed by atoms with Crippen LogP contribution in [0.25, 0.3) is 6.08 Å². The van der Waals surface area contributed by atoms with Crippen molar-refractivity contribution in [3.8, 4) is 0 Å². The number of piperazine rings is 1. The minimum Gasteiger partial charge on any atom is -0.338 e. The highest BCUT2D eigenvalue weighted by Crippen LogP contribution is 2.40. The molecule has 6 nitrogen and oxygen atoms in total. The molecule has 0 spiro atoms. The molecule has 7 heteroatoms. The molecule has 1 aliphatic carbocycles. The Kier molecular flexibility index (Phi) is 6.97. The Morgan fingerprint density at radius 2 is 1.97 bits per heavy atom. The van der Waals surface area contributed by atoms with Crippen molar-refractivity contribution in [3.63, 3.8) is 0 Å². The summed E-state index contributed by atoms with van der Waals surface area (Å²) >= 11 is 6.20. The molecule has 1 saturated carbocycles. The lowest BCUT2D eigenvalue weighted by molar-refractivity contribution is 0.354. The first-order valence-corrected chi connectivity index (χ1v) is 12.8. The fraction of sp³-hybridized carbons (Fsp3) is 0.444. The van der Waals surface area contributed by atoms with Crippen LogP contribution in [0.4, 0.5) is 0 Å². The van der Waals surface area contributed by atoms with Crippen molar-refractivity contribution in [1.29, 1.82) is 0 Å². The van der Waals surface area contributed by atoms with Crippen molar-refractivity contribution in [3.05, 3.63) is 69.7 Å². The lowest BCUT2D eigenvalue weighted by Crippen LogP contribution is -2.46. The number of H-pyrrole nitrogens is 1. The van der Waals surface area contributed by atoms with Crippen molar-refractivity contribution >= 4 is 29.3 Å². The van der Waals surface area contributed by atoms with Gasteiger partial charge in [-0.25, -0.2) is 9.98 Å². The van der Waals surface area contributed by atoms with Crippen LogP contribution in [0.2, 0.25) is 5.02 Å². The molecule has 34 heavy (non-hydrogen) atoms. The summed E-state index contributed by atoms with van der Waals surface area (Å²) in [6.45, 7) is 8.14. The van der Waals surface area contributed by atoms with E-state index in [-0.39, 0.29) is 5.92 Å². The smallest absolute Gasteiger partial charge is 0.225 e. The third kappa shape index (κ3) is 5.34. The molecule has 1 aromatic heterocycles. The van der Waals surface area contributed by atoms with E-state index in [0.29, 0.717) is 5.92 Å². The minimum atomic E-state index is 0.134. The largest absolute Gasteiger partial charge is 0.338 e. The van der Waals surface area contributed by atoms with Gasteiger partial charge in [0.05, 0.1) is 11.4 Å². The molecule has 2 fully saturated rings. The Labute approximate surface area is 206 Å². The zero-order valence-corrected chi connectivity index (χ0v) is 20.8. The van der Waals surface area contributed by atoms with Gasteiger partial charge in [-0.05, 0) is 54.7 Å². The predicted molar refractivity (Wildman–Crippen MR) is 141 cm³/mol. The number of aromatic nitrogens is 2. The van der Waals surface area contributed by atoms with Crippen molar-refractivity contribution in [2.45, 2.75) is 51.4 Å². The average Bonchev–Trinajstić information content (AvgIpc) is 3.63. The van der Waals surface area contributed by atoms with Crippen molar-refractivity contribution in [1.82, 2.24) is 20.4 Å². The first-order chi connectivity index (χ1) is 16.6. The normalized spacial score (nSPS) is 20.4. The van der Waals surface area contributed by atoms with Crippen LogP contribution in [-0.4, -0.2) is 52.9 Å². The number of rotatable bonds is 6. The third-order valence-electron chi connectivity index (χ3n) is 6.91. The maximum atomic E-state index is 6.20. The topological polar surface area (TPSA) is 68.7 Å². The van der Waals surface area contributed by atoms with E-state index < -0.39 is 0 Å². The molecule has 1 saturated heterocycles. The molecule has 1 aromatic carbocycles. The van der Waals surface area contributed by atoms with Crippen LogP contribution in [0.15, 0.2) is 57.7 Å². The van der Waals surface area contributed by atoms with Crippen LogP contribution in [0.1, 0.15) is 68.3 Å². The van der Waals surface area contributed by atoms with E-state index in [1.807, 2.05) is 18.2 Å². The molecule has 0 bridgehead atoms. The number of benzene rings is 1. The fourth-order valence-electron chi connectivity index (χ4n) is 4.54. The van der Waals surface area contributed by atoms with Crippen molar-refractivity contribution < 1.29 is 0 Å². The predicted octanol–water partition coefficient (Wildman–Crippen LogP) is 5.53. The number of hydrogen-bond acceptors (Lipinski definition) is 5. The van der Waals surface area contributed by atoms with Crippen LogP contribution in [0.5, 0.6) is 0 Å². The zero-order valence-electron chi connectivity index (χ0n) is 20.0. The summed E-state index contributed by atoms with van der Waals surface area (Å²) in [6, 6.07) is 10.1. The number of guanidine groups is 1. The monoisotopic (exact) mass is 476 g/mol. The van der Waals surface area contributed by atoms with Gasteiger partial charge in [0.2, 0.25) is 5.96 Å². The number of nitrogens with one attached hydrogen (secondary N) is 2. The first kappa shape index (κ1) is 23.1. The van der Waals surface area contributed by atoms with Crippen molar-refractivity contribution in [2.75, 3.05) is 26.2 Å². The highest BCUT2D eigenvalue weighted by Gasteiger charge is 2.28. The highest BCUT2D eigenvalue weighted by atomic mass is 35.5. The molecule has 3 heterocycles. The lowest BCUT2D eigenvalue weighted by Gasteiger charge is -2.28. The molecular weight excluding hydrogens is 444 g/mol. The molecule has 5 rings (SSSR count). The van der Waals surface area contributed by atoms with Crippen LogP contribution < -0.4 is 5.32 Å². The van der Waals surface area contributed by atoms with Gasteiger partial charge in [-0.2, -0.15) is 5.10 Å². The molecule has 1 atom stereocenters. The van der Waals surface area contributed by atoms with Gasteiger partial charge in [0, 0.05) is 60.9 Å². The number of allylic oxidation sites excluding steroid dienone is 2. The Hall–Kier alpha value is -2.70. The number of aliphatic imine (C=N–C) groups is 2. The van der Waals surface area contributed by atoms with Gasteiger partial charge in [0.15, 0.2) is 0 Å². The molecule has 2 N–H and O–H groups in total. The van der Waals surface area contributed by atoms with E-state index in [2.05, 4.69) is 58.5 Å². The molecule has 3 aliphatic rings. The minimum absolute atomic E-state index is 0.134. The third-order valence-corrected chi connectivity index (χ3v) is 7.14. The van der Waals surface area contributed by atoms with Gasteiger partial charge in [0.25, 0.3) is 0 Å². The average molecular weight is 477 g/mol. The Morgan fingerprint density at radius 1 is 1.15 bits per heavy atom. The van der Waals surface area contributed by atoms with Crippen LogP contribution in [0, 0.1) is 0 Å². The standard InChI is InChI=1S/C27H33ClN6/c1-3-20-16-24(18(2)25-17-26(33-32-25)21-8-9-21)31-27(34-13-11-29-12-14-34)30-23(20)10-7-19-5-4-6-22(28)15-19/h4-7,10,15,17-18,21,29H,3,8-9,11-14,16H2,1-2H3,(H,32,33)/b10-7+. The van der Waals surface area contributed by atoms with Gasteiger partial charge in [-0.1, -0.05) is 43.7 Å². The molecule has 178 valence electrons. The summed E-state index contributed by atoms with van der Waals surface area (Å²) in [7, 11) is 0. The van der Waals surface area contributed by atoms with Gasteiger partial charge < -0.3 is 10.2 Å². The van der Waals surface area contributed by atoms with Crippen LogP contribution in [0.3, 0.4) is 0 Å². The van der Waals surface area contributed by atoms with Crippen LogP contribution in [-0.2, 0) is 0 Å². The number of aromatic amines is 1. The van der Waals surface area contributed by atoms with Gasteiger partial charge >= 0.3 is 0 Å². The zero-order chi connectivity index (χ0) is 23.5. The highest BCUT2D eigenvalue weighted by molar-refractivity contribution is 6.30. The number of nitrogens with zero attached hydrogens (tertiary/aromatic N) is 4. The number of hydrogen-bond donors (Lipinski definition) is 2.